The van der Waals surface area contributed by atoms with Gasteiger partial charge in [0.15, 0.2) is 0 Å². The average Bonchev–Trinajstić information content (AvgIpc) is 3.04. The van der Waals surface area contributed by atoms with E-state index in [-0.39, 0.29) is 26.4 Å². The summed E-state index contributed by atoms with van der Waals surface area (Å²) in [6, 6.07) is 21.9. The molecule has 0 radical (unpaired) electrons. The zero-order valence-corrected chi connectivity index (χ0v) is 25.1. The minimum atomic E-state index is -5.29. The predicted molar refractivity (Wildman–Crippen MR) is 156 cm³/mol. The monoisotopic (exact) mass is 666 g/mol. The normalized spacial score (nSPS) is 16.4. The summed E-state index contributed by atoms with van der Waals surface area (Å²) in [5.41, 5.74) is -2.67. The van der Waals surface area contributed by atoms with E-state index in [0.29, 0.717) is 7.11 Å². The van der Waals surface area contributed by atoms with Gasteiger partial charge >= 0.3 is 30.3 Å². The van der Waals surface area contributed by atoms with Crippen LogP contribution in [-0.4, -0.2) is 84.6 Å². The Morgan fingerprint density at radius 1 is 0.787 bits per heavy atom. The van der Waals surface area contributed by atoms with Crippen LogP contribution in [-0.2, 0) is 37.8 Å². The highest BCUT2D eigenvalue weighted by Gasteiger charge is 2.64. The van der Waals surface area contributed by atoms with Crippen LogP contribution in [0.15, 0.2) is 91.0 Å². The number of urea groups is 1. The quantitative estimate of drug-likeness (QED) is 0.215. The van der Waals surface area contributed by atoms with E-state index in [9.17, 15) is 40.7 Å². The molecule has 0 saturated carbocycles. The molecule has 1 N–H and O–H groups in total. The van der Waals surface area contributed by atoms with E-state index < -0.39 is 60.6 Å². The van der Waals surface area contributed by atoms with Crippen molar-refractivity contribution in [1.82, 2.24) is 20.0 Å². The predicted octanol–water partition coefficient (Wildman–Crippen LogP) is 5.04. The van der Waals surface area contributed by atoms with Crippen molar-refractivity contribution >= 4 is 17.9 Å². The van der Waals surface area contributed by atoms with E-state index in [0.717, 1.165) is 23.3 Å². The van der Waals surface area contributed by atoms with E-state index in [1.807, 2.05) is 0 Å². The molecule has 47 heavy (non-hydrogen) atoms. The molecule has 15 heteroatoms. The topological polar surface area (TPSA) is 91.4 Å². The maximum absolute atomic E-state index is 14.5. The summed E-state index contributed by atoms with van der Waals surface area (Å²) >= 11 is 0. The summed E-state index contributed by atoms with van der Waals surface area (Å²) in [5, 5.41) is 1.73. The highest BCUT2D eigenvalue weighted by molar-refractivity contribution is 5.83. The summed E-state index contributed by atoms with van der Waals surface area (Å²) in [4.78, 5) is 42.8. The molecular formula is C32H32F6N4O5. The number of ether oxygens (including phenoxy) is 2. The SMILES string of the molecule is CO[C@](C(=O)OC[C@H](CNC(=O)C(F)(F)F)N1CN(Cc2ccccc2)C(=O)N(Cc2ccccc2)C1)(c1ccccc1)C(F)(F)F. The van der Waals surface area contributed by atoms with Gasteiger partial charge in [-0.05, 0) is 11.1 Å². The molecule has 3 amide bonds. The lowest BCUT2D eigenvalue weighted by atomic mass is 9.92. The van der Waals surface area contributed by atoms with Gasteiger partial charge in [0.1, 0.15) is 6.61 Å². The molecule has 4 rings (SSSR count). The second kappa shape index (κ2) is 14.9. The standard InChI is InChI=1S/C32H32F6N4O5/c1-46-30(32(36,37)38,25-15-9-4-10-16-25)28(44)47-20-26(17-39-27(43)31(33,34)35)42-21-40(18-23-11-5-2-6-12-23)29(45)41(22-42)19-24-13-7-3-8-14-24/h2-16,26H,17-22H2,1H3,(H,39,43)/t26-,30-/m0/s1. The third-order valence-electron chi connectivity index (χ3n) is 7.53. The van der Waals surface area contributed by atoms with Crippen LogP contribution >= 0.6 is 0 Å². The molecule has 0 aliphatic carbocycles. The lowest BCUT2D eigenvalue weighted by molar-refractivity contribution is -0.276. The third kappa shape index (κ3) is 8.40. The van der Waals surface area contributed by atoms with E-state index >= 15 is 0 Å². The Labute approximate surface area is 266 Å². The molecule has 2 atom stereocenters. The molecule has 1 aliphatic rings. The molecule has 0 spiro atoms. The number of amides is 3. The van der Waals surface area contributed by atoms with Crippen molar-refractivity contribution in [3.8, 4) is 0 Å². The first kappa shape index (κ1) is 35.2. The fraction of sp³-hybridized carbons (Fsp3) is 0.344. The van der Waals surface area contributed by atoms with Crippen molar-refractivity contribution in [3.05, 3.63) is 108 Å². The van der Waals surface area contributed by atoms with Gasteiger partial charge in [0.05, 0.1) is 19.4 Å². The molecule has 3 aromatic rings. The molecule has 0 aromatic heterocycles. The molecule has 9 nitrogen and oxygen atoms in total. The van der Waals surface area contributed by atoms with Gasteiger partial charge < -0.3 is 24.6 Å². The van der Waals surface area contributed by atoms with Crippen molar-refractivity contribution in [3.63, 3.8) is 0 Å². The van der Waals surface area contributed by atoms with E-state index in [1.54, 1.807) is 66.0 Å². The zero-order chi connectivity index (χ0) is 34.2. The average molecular weight is 667 g/mol. The van der Waals surface area contributed by atoms with Crippen LogP contribution in [0.1, 0.15) is 16.7 Å². The highest BCUT2D eigenvalue weighted by Crippen LogP contribution is 2.43. The number of carbonyl (C=O) groups is 3. The Kier molecular flexibility index (Phi) is 11.1. The van der Waals surface area contributed by atoms with Crippen LogP contribution in [0.4, 0.5) is 31.1 Å². The summed E-state index contributed by atoms with van der Waals surface area (Å²) in [5.74, 6) is -4.16. The molecule has 1 fully saturated rings. The smallest absolute Gasteiger partial charge is 0.461 e. The first-order valence-corrected chi connectivity index (χ1v) is 14.3. The first-order chi connectivity index (χ1) is 22.3. The van der Waals surface area contributed by atoms with Gasteiger partial charge in [0.2, 0.25) is 0 Å². The highest BCUT2D eigenvalue weighted by atomic mass is 19.4. The number of benzene rings is 3. The van der Waals surface area contributed by atoms with Gasteiger partial charge in [-0.15, -0.1) is 0 Å². The Balaban J connectivity index is 1.65. The molecular weight excluding hydrogens is 634 g/mol. The fourth-order valence-corrected chi connectivity index (χ4v) is 5.14. The van der Waals surface area contributed by atoms with Crippen molar-refractivity contribution in [2.24, 2.45) is 0 Å². The lowest BCUT2D eigenvalue weighted by Gasteiger charge is -2.45. The first-order valence-electron chi connectivity index (χ1n) is 14.3. The Morgan fingerprint density at radius 2 is 1.26 bits per heavy atom. The van der Waals surface area contributed by atoms with E-state index in [4.69, 9.17) is 9.47 Å². The number of nitrogens with zero attached hydrogens (tertiary/aromatic N) is 3. The maximum Gasteiger partial charge on any atom is 0.471 e. The number of hydrogen-bond donors (Lipinski definition) is 1. The Hall–Kier alpha value is -4.63. The summed E-state index contributed by atoms with van der Waals surface area (Å²) < 4.78 is 92.7. The largest absolute Gasteiger partial charge is 0.471 e. The molecule has 1 aliphatic heterocycles. The van der Waals surface area contributed by atoms with Crippen LogP contribution in [0.5, 0.6) is 0 Å². The minimum Gasteiger partial charge on any atom is -0.461 e. The van der Waals surface area contributed by atoms with Crippen molar-refractivity contribution in [1.29, 1.82) is 0 Å². The molecule has 252 valence electrons. The number of esters is 1. The van der Waals surface area contributed by atoms with Crippen LogP contribution in [0.25, 0.3) is 0 Å². The molecule has 0 unspecified atom stereocenters. The number of halogens is 6. The van der Waals surface area contributed by atoms with Gasteiger partial charge in [-0.1, -0.05) is 91.0 Å². The Morgan fingerprint density at radius 3 is 1.68 bits per heavy atom. The van der Waals surface area contributed by atoms with Gasteiger partial charge in [-0.25, -0.2) is 9.59 Å². The number of hydrogen-bond acceptors (Lipinski definition) is 6. The van der Waals surface area contributed by atoms with Crippen LogP contribution < -0.4 is 5.32 Å². The third-order valence-corrected chi connectivity index (χ3v) is 7.53. The van der Waals surface area contributed by atoms with E-state index in [1.165, 1.54) is 32.9 Å². The van der Waals surface area contributed by atoms with Gasteiger partial charge in [0.25, 0.3) is 5.60 Å². The maximum atomic E-state index is 14.5. The van der Waals surface area contributed by atoms with Crippen LogP contribution in [0.2, 0.25) is 0 Å². The lowest BCUT2D eigenvalue weighted by Crippen LogP contribution is -2.62. The number of alkyl halides is 6. The summed E-state index contributed by atoms with van der Waals surface area (Å²) in [7, 11) is 0.682. The minimum absolute atomic E-state index is 0.0811. The Bertz CT molecular complexity index is 1440. The van der Waals surface area contributed by atoms with Crippen molar-refractivity contribution in [2.75, 3.05) is 33.6 Å². The van der Waals surface area contributed by atoms with Gasteiger partial charge in [-0.3, -0.25) is 9.69 Å². The summed E-state index contributed by atoms with van der Waals surface area (Å²) in [6.07, 6.45) is -10.6. The number of nitrogens with one attached hydrogen (secondary N) is 1. The zero-order valence-electron chi connectivity index (χ0n) is 25.1. The number of carbonyl (C=O) groups excluding carboxylic acids is 3. The van der Waals surface area contributed by atoms with Crippen molar-refractivity contribution < 1.29 is 50.2 Å². The van der Waals surface area contributed by atoms with E-state index in [2.05, 4.69) is 0 Å². The summed E-state index contributed by atoms with van der Waals surface area (Å²) in [6.45, 7) is -1.93. The molecule has 3 aromatic carbocycles. The second-order valence-corrected chi connectivity index (χ2v) is 10.7. The second-order valence-electron chi connectivity index (χ2n) is 10.7. The van der Waals surface area contributed by atoms with Crippen LogP contribution in [0.3, 0.4) is 0 Å². The fourth-order valence-electron chi connectivity index (χ4n) is 5.14. The molecule has 0 bridgehead atoms. The number of methoxy groups -OCH3 is 1. The number of rotatable bonds is 12. The van der Waals surface area contributed by atoms with Crippen molar-refractivity contribution in [2.45, 2.75) is 37.1 Å². The van der Waals surface area contributed by atoms with Gasteiger partial charge in [0, 0.05) is 32.3 Å². The van der Waals surface area contributed by atoms with Gasteiger partial charge in [-0.2, -0.15) is 26.3 Å². The molecule has 1 saturated heterocycles. The van der Waals surface area contributed by atoms with Crippen LogP contribution in [0, 0.1) is 0 Å². The molecule has 1 heterocycles.